The van der Waals surface area contributed by atoms with E-state index < -0.39 is 5.60 Å². The molecule has 0 bridgehead atoms. The van der Waals surface area contributed by atoms with Crippen LogP contribution in [0.4, 0.5) is 0 Å². The van der Waals surface area contributed by atoms with Gasteiger partial charge in [0.05, 0.1) is 5.60 Å². The number of aliphatic hydroxyl groups is 1. The van der Waals surface area contributed by atoms with Crippen LogP contribution >= 0.6 is 31.9 Å². The van der Waals surface area contributed by atoms with Crippen LogP contribution < -0.4 is 0 Å². The molecule has 1 N–H and O–H groups in total. The van der Waals surface area contributed by atoms with Crippen LogP contribution in [0.25, 0.3) is 0 Å². The Bertz CT molecular complexity index is 456. The first-order valence-electron chi connectivity index (χ1n) is 7.24. The molecule has 1 saturated carbocycles. The van der Waals surface area contributed by atoms with Gasteiger partial charge in [0, 0.05) is 21.4 Å². The molecule has 2 rings (SSSR count). The molecular weight excluding hydrogens is 382 g/mol. The van der Waals surface area contributed by atoms with Crippen molar-refractivity contribution in [3.63, 3.8) is 0 Å². The van der Waals surface area contributed by atoms with Gasteiger partial charge < -0.3 is 10.0 Å². The van der Waals surface area contributed by atoms with Crippen molar-refractivity contribution in [2.24, 2.45) is 0 Å². The zero-order chi connectivity index (χ0) is 14.8. The van der Waals surface area contributed by atoms with Gasteiger partial charge in [-0.05, 0) is 76.5 Å². The smallest absolute Gasteiger partial charge is 0.0728 e. The monoisotopic (exact) mass is 403 g/mol. The Morgan fingerprint density at radius 1 is 1.15 bits per heavy atom. The highest BCUT2D eigenvalue weighted by Gasteiger charge is 2.38. The van der Waals surface area contributed by atoms with Crippen molar-refractivity contribution in [3.05, 3.63) is 32.7 Å². The maximum Gasteiger partial charge on any atom is 0.0728 e. The summed E-state index contributed by atoms with van der Waals surface area (Å²) < 4.78 is 2.11. The van der Waals surface area contributed by atoms with Crippen LogP contribution in [0.2, 0.25) is 0 Å². The summed E-state index contributed by atoms with van der Waals surface area (Å²) in [5.74, 6) is 0.169. The normalized spacial score (nSPS) is 20.1. The van der Waals surface area contributed by atoms with Gasteiger partial charge in [0.1, 0.15) is 0 Å². The molecule has 20 heavy (non-hydrogen) atoms. The van der Waals surface area contributed by atoms with Crippen molar-refractivity contribution in [1.29, 1.82) is 0 Å². The summed E-state index contributed by atoms with van der Waals surface area (Å²) >= 11 is 7.10. The molecule has 0 saturated heterocycles. The predicted octanol–water partition coefficient (Wildman–Crippen LogP) is 4.55. The van der Waals surface area contributed by atoms with E-state index in [0.29, 0.717) is 0 Å². The van der Waals surface area contributed by atoms with Crippen molar-refractivity contribution in [2.75, 3.05) is 20.6 Å². The van der Waals surface area contributed by atoms with E-state index >= 15 is 0 Å². The number of likely N-dealkylation sites (N-methyl/N-ethyl adjacent to an activating group) is 1. The minimum atomic E-state index is -0.560. The topological polar surface area (TPSA) is 23.5 Å². The first-order chi connectivity index (χ1) is 9.42. The fourth-order valence-electron chi connectivity index (χ4n) is 3.19. The number of hydrogen-bond donors (Lipinski definition) is 1. The second-order valence-electron chi connectivity index (χ2n) is 6.15. The molecule has 1 aromatic rings. The van der Waals surface area contributed by atoms with Crippen LogP contribution in [0.5, 0.6) is 0 Å². The molecule has 112 valence electrons. The van der Waals surface area contributed by atoms with Crippen LogP contribution in [0.15, 0.2) is 27.1 Å². The summed E-state index contributed by atoms with van der Waals surface area (Å²) in [6.07, 6.45) is 5.36. The Kier molecular flexibility index (Phi) is 5.69. The van der Waals surface area contributed by atoms with E-state index in [-0.39, 0.29) is 5.92 Å². The fourth-order valence-corrected chi connectivity index (χ4v) is 3.84. The quantitative estimate of drug-likeness (QED) is 0.795. The van der Waals surface area contributed by atoms with Crippen molar-refractivity contribution in [2.45, 2.75) is 43.6 Å². The molecule has 0 amide bonds. The Balaban J connectivity index is 2.33. The first kappa shape index (κ1) is 16.5. The van der Waals surface area contributed by atoms with Crippen LogP contribution in [0, 0.1) is 0 Å². The average Bonchev–Trinajstić information content (AvgIpc) is 2.40. The molecule has 1 aliphatic carbocycles. The van der Waals surface area contributed by atoms with E-state index in [9.17, 15) is 5.11 Å². The molecule has 0 radical (unpaired) electrons. The standard InChI is InChI=1S/C16H23Br2NO/c1-19(2)11-13(16(20)8-4-3-5-9-16)12-6-7-14(17)15(18)10-12/h6-7,10,13,20H,3-5,8-9,11H2,1-2H3. The van der Waals surface area contributed by atoms with E-state index in [2.05, 4.69) is 69.1 Å². The van der Waals surface area contributed by atoms with Crippen LogP contribution in [-0.4, -0.2) is 36.2 Å². The summed E-state index contributed by atoms with van der Waals surface area (Å²) in [6, 6.07) is 6.34. The molecule has 1 aromatic carbocycles. The van der Waals surface area contributed by atoms with Gasteiger partial charge in [-0.15, -0.1) is 0 Å². The zero-order valence-electron chi connectivity index (χ0n) is 12.2. The molecule has 0 spiro atoms. The predicted molar refractivity (Wildman–Crippen MR) is 91.2 cm³/mol. The molecule has 0 aromatic heterocycles. The van der Waals surface area contributed by atoms with Crippen molar-refractivity contribution < 1.29 is 5.11 Å². The Labute approximate surface area is 138 Å². The molecule has 1 aliphatic rings. The van der Waals surface area contributed by atoms with Crippen molar-refractivity contribution in [1.82, 2.24) is 4.90 Å². The van der Waals surface area contributed by atoms with E-state index in [1.807, 2.05) is 0 Å². The zero-order valence-corrected chi connectivity index (χ0v) is 15.4. The molecule has 0 heterocycles. The summed E-state index contributed by atoms with van der Waals surface area (Å²) in [7, 11) is 4.15. The average molecular weight is 405 g/mol. The third-order valence-corrected chi connectivity index (χ3v) is 6.14. The lowest BCUT2D eigenvalue weighted by Gasteiger charge is -2.41. The largest absolute Gasteiger partial charge is 0.389 e. The lowest BCUT2D eigenvalue weighted by atomic mass is 9.72. The number of nitrogens with zero attached hydrogens (tertiary/aromatic N) is 1. The van der Waals surface area contributed by atoms with Gasteiger partial charge >= 0.3 is 0 Å². The lowest BCUT2D eigenvalue weighted by Crippen LogP contribution is -2.42. The molecule has 1 atom stereocenters. The molecular formula is C16H23Br2NO. The van der Waals surface area contributed by atoms with Gasteiger partial charge in [0.25, 0.3) is 0 Å². The second kappa shape index (κ2) is 6.91. The van der Waals surface area contributed by atoms with Crippen molar-refractivity contribution >= 4 is 31.9 Å². The summed E-state index contributed by atoms with van der Waals surface area (Å²) in [5.41, 5.74) is 0.661. The minimum absolute atomic E-state index is 0.169. The van der Waals surface area contributed by atoms with Crippen LogP contribution in [0.3, 0.4) is 0 Å². The number of hydrogen-bond acceptors (Lipinski definition) is 2. The van der Waals surface area contributed by atoms with Gasteiger partial charge in [-0.25, -0.2) is 0 Å². The maximum absolute atomic E-state index is 11.1. The SMILES string of the molecule is CN(C)CC(c1ccc(Br)c(Br)c1)C1(O)CCCCC1. The Hall–Kier alpha value is 0.1000. The van der Waals surface area contributed by atoms with Gasteiger partial charge in [-0.3, -0.25) is 0 Å². The third kappa shape index (κ3) is 3.85. The molecule has 1 fully saturated rings. The van der Waals surface area contributed by atoms with Crippen molar-refractivity contribution in [3.8, 4) is 0 Å². The third-order valence-electron chi connectivity index (χ3n) is 4.26. The van der Waals surface area contributed by atoms with Gasteiger partial charge in [-0.1, -0.05) is 25.3 Å². The van der Waals surface area contributed by atoms with Gasteiger partial charge in [0.15, 0.2) is 0 Å². The Morgan fingerprint density at radius 3 is 2.35 bits per heavy atom. The summed E-state index contributed by atoms with van der Waals surface area (Å²) in [4.78, 5) is 2.17. The molecule has 0 aliphatic heterocycles. The number of rotatable bonds is 4. The highest BCUT2D eigenvalue weighted by molar-refractivity contribution is 9.13. The maximum atomic E-state index is 11.1. The number of benzene rings is 1. The lowest BCUT2D eigenvalue weighted by molar-refractivity contribution is -0.0277. The second-order valence-corrected chi connectivity index (χ2v) is 7.86. The molecule has 1 unspecified atom stereocenters. The number of halogens is 2. The highest BCUT2D eigenvalue weighted by atomic mass is 79.9. The highest BCUT2D eigenvalue weighted by Crippen LogP contribution is 2.41. The van der Waals surface area contributed by atoms with E-state index in [1.165, 1.54) is 12.0 Å². The van der Waals surface area contributed by atoms with Gasteiger partial charge in [0.2, 0.25) is 0 Å². The molecule has 4 heteroatoms. The molecule has 2 nitrogen and oxygen atoms in total. The summed E-state index contributed by atoms with van der Waals surface area (Å²) in [6.45, 7) is 0.880. The summed E-state index contributed by atoms with van der Waals surface area (Å²) in [5, 5.41) is 11.1. The fraction of sp³-hybridized carbons (Fsp3) is 0.625. The minimum Gasteiger partial charge on any atom is -0.389 e. The van der Waals surface area contributed by atoms with Crippen LogP contribution in [-0.2, 0) is 0 Å². The van der Waals surface area contributed by atoms with Gasteiger partial charge in [-0.2, -0.15) is 0 Å². The Morgan fingerprint density at radius 2 is 1.80 bits per heavy atom. The van der Waals surface area contributed by atoms with E-state index in [1.54, 1.807) is 0 Å². The van der Waals surface area contributed by atoms with Crippen LogP contribution in [0.1, 0.15) is 43.6 Å². The first-order valence-corrected chi connectivity index (χ1v) is 8.83. The van der Waals surface area contributed by atoms with E-state index in [4.69, 9.17) is 0 Å². The van der Waals surface area contributed by atoms with E-state index in [0.717, 1.165) is 41.2 Å².